The third-order valence-corrected chi connectivity index (χ3v) is 2.82. The number of aromatic nitrogens is 1. The number of nitrogens with two attached hydrogens (primary N) is 1. The number of carbonyl (C=O) groups is 1. The van der Waals surface area contributed by atoms with E-state index in [0.29, 0.717) is 23.7 Å². The van der Waals surface area contributed by atoms with Crippen LogP contribution < -0.4 is 10.6 Å². The molecule has 0 spiro atoms. The number of hydrogen-bond donors (Lipinski definition) is 1. The van der Waals surface area contributed by atoms with Crippen molar-refractivity contribution in [3.05, 3.63) is 17.8 Å². The maximum Gasteiger partial charge on any atom is 0.340 e. The highest BCUT2D eigenvalue weighted by atomic mass is 16.5. The van der Waals surface area contributed by atoms with Gasteiger partial charge in [0.05, 0.1) is 17.9 Å². The summed E-state index contributed by atoms with van der Waals surface area (Å²) in [6.45, 7) is 9.20. The molecule has 1 aromatic heterocycles. The van der Waals surface area contributed by atoms with Crippen molar-refractivity contribution in [2.24, 2.45) is 0 Å². The Kier molecular flexibility index (Phi) is 5.60. The average molecular weight is 265 g/mol. The fourth-order valence-corrected chi connectivity index (χ4v) is 1.93. The number of hydrogen-bond acceptors (Lipinski definition) is 5. The van der Waals surface area contributed by atoms with Crippen molar-refractivity contribution in [3.8, 4) is 0 Å². The highest BCUT2D eigenvalue weighted by molar-refractivity contribution is 5.97. The topological polar surface area (TPSA) is 68.5 Å². The standard InChI is InChI=1S/C14H23N3O2/c1-5-9-17(10(3)4)13-12(15)11(7-8-16-13)14(18)19-6-2/h7-8,10H,5-6,9,15H2,1-4H3. The first kappa shape index (κ1) is 15.3. The van der Waals surface area contributed by atoms with Crippen LogP contribution in [0.15, 0.2) is 12.3 Å². The van der Waals surface area contributed by atoms with E-state index in [-0.39, 0.29) is 6.04 Å². The van der Waals surface area contributed by atoms with Crippen LogP contribution in [-0.4, -0.2) is 30.1 Å². The van der Waals surface area contributed by atoms with Crippen molar-refractivity contribution in [2.45, 2.75) is 40.2 Å². The Balaban J connectivity index is 3.14. The molecule has 0 atom stereocenters. The fraction of sp³-hybridized carbons (Fsp3) is 0.571. The van der Waals surface area contributed by atoms with Crippen molar-refractivity contribution in [1.29, 1.82) is 0 Å². The number of pyridine rings is 1. The molecule has 1 rings (SSSR count). The highest BCUT2D eigenvalue weighted by Gasteiger charge is 2.19. The van der Waals surface area contributed by atoms with Crippen LogP contribution in [0.25, 0.3) is 0 Å². The Morgan fingerprint density at radius 3 is 2.68 bits per heavy atom. The van der Waals surface area contributed by atoms with E-state index in [9.17, 15) is 4.79 Å². The van der Waals surface area contributed by atoms with Crippen molar-refractivity contribution in [3.63, 3.8) is 0 Å². The largest absolute Gasteiger partial charge is 0.462 e. The molecule has 0 unspecified atom stereocenters. The zero-order valence-corrected chi connectivity index (χ0v) is 12.1. The van der Waals surface area contributed by atoms with Crippen LogP contribution >= 0.6 is 0 Å². The minimum absolute atomic E-state index is 0.271. The maximum absolute atomic E-state index is 11.8. The van der Waals surface area contributed by atoms with Crippen molar-refractivity contribution in [1.82, 2.24) is 4.98 Å². The third-order valence-electron chi connectivity index (χ3n) is 2.82. The molecule has 0 bridgehead atoms. The second kappa shape index (κ2) is 6.97. The first-order valence-corrected chi connectivity index (χ1v) is 6.71. The van der Waals surface area contributed by atoms with Gasteiger partial charge >= 0.3 is 5.97 Å². The van der Waals surface area contributed by atoms with E-state index in [0.717, 1.165) is 13.0 Å². The number of anilines is 2. The van der Waals surface area contributed by atoms with Gasteiger partial charge in [0.2, 0.25) is 0 Å². The molecule has 0 radical (unpaired) electrons. The van der Waals surface area contributed by atoms with Crippen LogP contribution in [-0.2, 0) is 4.74 Å². The Bertz CT molecular complexity index is 433. The Labute approximate surface area is 114 Å². The fourth-order valence-electron chi connectivity index (χ4n) is 1.93. The van der Waals surface area contributed by atoms with Crippen LogP contribution in [0.4, 0.5) is 11.5 Å². The van der Waals surface area contributed by atoms with E-state index < -0.39 is 5.97 Å². The molecule has 0 aliphatic rings. The summed E-state index contributed by atoms with van der Waals surface area (Å²) in [7, 11) is 0. The first-order valence-electron chi connectivity index (χ1n) is 6.71. The molecule has 5 nitrogen and oxygen atoms in total. The van der Waals surface area contributed by atoms with Crippen LogP contribution in [0.1, 0.15) is 44.5 Å². The Hall–Kier alpha value is -1.78. The van der Waals surface area contributed by atoms with Gasteiger partial charge in [-0.3, -0.25) is 0 Å². The van der Waals surface area contributed by atoms with E-state index in [1.54, 1.807) is 19.2 Å². The van der Waals surface area contributed by atoms with Crippen molar-refractivity contribution < 1.29 is 9.53 Å². The molecular weight excluding hydrogens is 242 g/mol. The molecule has 1 heterocycles. The monoisotopic (exact) mass is 265 g/mol. The summed E-state index contributed by atoms with van der Waals surface area (Å²) < 4.78 is 5.00. The second-order valence-corrected chi connectivity index (χ2v) is 4.60. The van der Waals surface area contributed by atoms with E-state index in [4.69, 9.17) is 10.5 Å². The molecule has 0 aliphatic carbocycles. The molecule has 1 aromatic rings. The van der Waals surface area contributed by atoms with Crippen LogP contribution in [0.3, 0.4) is 0 Å². The molecule has 0 saturated carbocycles. The molecular formula is C14H23N3O2. The molecule has 0 saturated heterocycles. The number of esters is 1. The molecule has 0 aliphatic heterocycles. The molecule has 0 aromatic carbocycles. The maximum atomic E-state index is 11.8. The highest BCUT2D eigenvalue weighted by Crippen LogP contribution is 2.26. The second-order valence-electron chi connectivity index (χ2n) is 4.60. The average Bonchev–Trinajstić information content (AvgIpc) is 2.36. The van der Waals surface area contributed by atoms with Gasteiger partial charge in [0.25, 0.3) is 0 Å². The lowest BCUT2D eigenvalue weighted by atomic mass is 10.2. The lowest BCUT2D eigenvalue weighted by Crippen LogP contribution is -2.33. The summed E-state index contributed by atoms with van der Waals surface area (Å²) in [5.41, 5.74) is 6.85. The van der Waals surface area contributed by atoms with Gasteiger partial charge in [-0.25, -0.2) is 9.78 Å². The summed E-state index contributed by atoms with van der Waals surface area (Å²) in [6.07, 6.45) is 2.59. The lowest BCUT2D eigenvalue weighted by Gasteiger charge is -2.28. The van der Waals surface area contributed by atoms with E-state index in [1.807, 2.05) is 0 Å². The SMILES string of the molecule is CCCN(c1nccc(C(=O)OCC)c1N)C(C)C. The van der Waals surface area contributed by atoms with Crippen molar-refractivity contribution in [2.75, 3.05) is 23.8 Å². The van der Waals surface area contributed by atoms with Gasteiger partial charge in [0, 0.05) is 18.8 Å². The predicted molar refractivity (Wildman–Crippen MR) is 77.4 cm³/mol. The molecule has 106 valence electrons. The number of nitrogens with zero attached hydrogens (tertiary/aromatic N) is 2. The third kappa shape index (κ3) is 3.59. The van der Waals surface area contributed by atoms with E-state index in [2.05, 4.69) is 30.7 Å². The molecule has 0 amide bonds. The summed E-state index contributed by atoms with van der Waals surface area (Å²) in [6, 6.07) is 1.87. The van der Waals surface area contributed by atoms with Gasteiger partial charge in [-0.2, -0.15) is 0 Å². The Morgan fingerprint density at radius 2 is 2.16 bits per heavy atom. The zero-order valence-electron chi connectivity index (χ0n) is 12.1. The first-order chi connectivity index (χ1) is 9.02. The normalized spacial score (nSPS) is 10.6. The summed E-state index contributed by atoms with van der Waals surface area (Å²) in [5, 5.41) is 0. The van der Waals surface area contributed by atoms with Crippen molar-refractivity contribution >= 4 is 17.5 Å². The van der Waals surface area contributed by atoms with Gasteiger partial charge in [0.15, 0.2) is 5.82 Å². The van der Waals surface area contributed by atoms with E-state index >= 15 is 0 Å². The minimum Gasteiger partial charge on any atom is -0.462 e. The lowest BCUT2D eigenvalue weighted by molar-refractivity contribution is 0.0527. The zero-order chi connectivity index (χ0) is 14.4. The summed E-state index contributed by atoms with van der Waals surface area (Å²) in [4.78, 5) is 18.2. The Morgan fingerprint density at radius 1 is 1.47 bits per heavy atom. The summed E-state index contributed by atoms with van der Waals surface area (Å²) >= 11 is 0. The smallest absolute Gasteiger partial charge is 0.340 e. The molecule has 0 fully saturated rings. The van der Waals surface area contributed by atoms with Gasteiger partial charge in [0.1, 0.15) is 0 Å². The number of ether oxygens (including phenoxy) is 1. The molecule has 2 N–H and O–H groups in total. The van der Waals surface area contributed by atoms with Gasteiger partial charge in [-0.1, -0.05) is 6.92 Å². The van der Waals surface area contributed by atoms with Gasteiger partial charge in [-0.15, -0.1) is 0 Å². The molecule has 19 heavy (non-hydrogen) atoms. The minimum atomic E-state index is -0.399. The predicted octanol–water partition coefficient (Wildman–Crippen LogP) is 2.47. The van der Waals surface area contributed by atoms with Crippen LogP contribution in [0.5, 0.6) is 0 Å². The van der Waals surface area contributed by atoms with Crippen LogP contribution in [0.2, 0.25) is 0 Å². The number of nitrogen functional groups attached to an aromatic ring is 1. The summed E-state index contributed by atoms with van der Waals surface area (Å²) in [5.74, 6) is 0.256. The van der Waals surface area contributed by atoms with Crippen LogP contribution in [0, 0.1) is 0 Å². The van der Waals surface area contributed by atoms with E-state index in [1.165, 1.54) is 0 Å². The quantitative estimate of drug-likeness (QED) is 0.800. The van der Waals surface area contributed by atoms with Gasteiger partial charge < -0.3 is 15.4 Å². The number of carbonyl (C=O) groups excluding carboxylic acids is 1. The van der Waals surface area contributed by atoms with Gasteiger partial charge in [-0.05, 0) is 33.3 Å². The molecule has 5 heteroatoms. The number of rotatable bonds is 6.